The first-order valence-electron chi connectivity index (χ1n) is 7.61. The maximum Gasteiger partial charge on any atom is 0.191 e. The van der Waals surface area contributed by atoms with Crippen LogP contribution >= 0.6 is 12.2 Å². The Hall–Kier alpha value is -1.75. The highest BCUT2D eigenvalue weighted by Crippen LogP contribution is 2.62. The number of carbonyl (C=O) groups is 1. The summed E-state index contributed by atoms with van der Waals surface area (Å²) in [5.41, 5.74) is 4.06. The fraction of sp³-hybridized carbons (Fsp3) is 0.471. The fourth-order valence-electron chi connectivity index (χ4n) is 3.75. The number of nitrogens with zero attached hydrogens (tertiary/aromatic N) is 1. The number of nitrogens with one attached hydrogen (secondary N) is 2. The number of hydrogen-bond acceptors (Lipinski definition) is 3. The van der Waals surface area contributed by atoms with Crippen LogP contribution in [0.5, 0.6) is 0 Å². The van der Waals surface area contributed by atoms with E-state index in [0.717, 1.165) is 18.5 Å². The Kier molecular flexibility index (Phi) is 3.56. The van der Waals surface area contributed by atoms with Crippen molar-refractivity contribution >= 4 is 34.5 Å². The quantitative estimate of drug-likeness (QED) is 0.649. The molecule has 2 saturated carbocycles. The monoisotopic (exact) mass is 315 g/mol. The molecule has 0 heterocycles. The number of hydrogen-bond donors (Lipinski definition) is 2. The van der Waals surface area contributed by atoms with Gasteiger partial charge in [0.2, 0.25) is 0 Å². The minimum Gasteiger partial charge on any atom is -0.331 e. The maximum absolute atomic E-state index is 12.6. The van der Waals surface area contributed by atoms with Gasteiger partial charge in [0.15, 0.2) is 10.9 Å². The lowest BCUT2D eigenvalue weighted by Crippen LogP contribution is -2.34. The van der Waals surface area contributed by atoms with E-state index in [1.54, 1.807) is 0 Å². The van der Waals surface area contributed by atoms with Gasteiger partial charge in [-0.2, -0.15) is 5.10 Å². The first kappa shape index (κ1) is 15.2. The van der Waals surface area contributed by atoms with Gasteiger partial charge >= 0.3 is 0 Å². The predicted octanol–water partition coefficient (Wildman–Crippen LogP) is 3.35. The normalized spacial score (nSPS) is 30.6. The molecule has 2 bridgehead atoms. The molecule has 2 aliphatic carbocycles. The van der Waals surface area contributed by atoms with Crippen LogP contribution in [0.25, 0.3) is 0 Å². The highest BCUT2D eigenvalue weighted by Gasteiger charge is 2.65. The summed E-state index contributed by atoms with van der Waals surface area (Å²) in [6.45, 7) is 6.41. The Morgan fingerprint density at radius 3 is 2.55 bits per heavy atom. The highest BCUT2D eigenvalue weighted by molar-refractivity contribution is 7.80. The van der Waals surface area contributed by atoms with E-state index in [1.165, 1.54) is 0 Å². The molecule has 3 rings (SSSR count). The van der Waals surface area contributed by atoms with Crippen molar-refractivity contribution in [2.45, 2.75) is 33.6 Å². The molecule has 4 nitrogen and oxygen atoms in total. The smallest absolute Gasteiger partial charge is 0.191 e. The first-order valence-corrected chi connectivity index (χ1v) is 8.01. The Labute approximate surface area is 136 Å². The Morgan fingerprint density at radius 1 is 1.27 bits per heavy atom. The number of ketones is 1. The van der Waals surface area contributed by atoms with E-state index in [0.29, 0.717) is 10.8 Å². The molecular weight excluding hydrogens is 294 g/mol. The van der Waals surface area contributed by atoms with Crippen molar-refractivity contribution in [3.05, 3.63) is 30.3 Å². The van der Waals surface area contributed by atoms with Crippen LogP contribution in [0.3, 0.4) is 0 Å². The number of rotatable bonds is 2. The van der Waals surface area contributed by atoms with Gasteiger partial charge in [0.25, 0.3) is 0 Å². The van der Waals surface area contributed by atoms with Crippen LogP contribution in [0.15, 0.2) is 35.4 Å². The number of hydrazone groups is 1. The SMILES string of the molecule is CC12CCC(C(=NNC(=S)Nc3ccccc3)C1=O)C2(C)C. The van der Waals surface area contributed by atoms with Crippen LogP contribution in [-0.4, -0.2) is 16.6 Å². The van der Waals surface area contributed by atoms with Gasteiger partial charge in [-0.05, 0) is 42.6 Å². The van der Waals surface area contributed by atoms with Gasteiger partial charge in [-0.3, -0.25) is 10.2 Å². The van der Waals surface area contributed by atoms with Crippen molar-refractivity contribution < 1.29 is 4.79 Å². The molecule has 116 valence electrons. The molecular formula is C17H21N3OS. The number of fused-ring (bicyclic) bond motifs is 2. The average Bonchev–Trinajstić information content (AvgIpc) is 2.79. The molecule has 0 saturated heterocycles. The lowest BCUT2D eigenvalue weighted by molar-refractivity contribution is -0.123. The van der Waals surface area contributed by atoms with E-state index in [9.17, 15) is 4.79 Å². The Balaban J connectivity index is 1.72. The standard InChI is InChI=1S/C17H21N3OS/c1-16(2)12-9-10-17(16,3)14(21)13(12)19-20-15(22)18-11-7-5-4-6-8-11/h4-8,12H,9-10H2,1-3H3,(H2,18,20,22). The van der Waals surface area contributed by atoms with Crippen LogP contribution in [-0.2, 0) is 4.79 Å². The van der Waals surface area contributed by atoms with Crippen LogP contribution < -0.4 is 10.7 Å². The van der Waals surface area contributed by atoms with Crippen molar-refractivity contribution in [3.8, 4) is 0 Å². The molecule has 0 aliphatic heterocycles. The molecule has 2 atom stereocenters. The third-order valence-electron chi connectivity index (χ3n) is 5.60. The molecule has 0 spiro atoms. The van der Waals surface area contributed by atoms with E-state index < -0.39 is 0 Å². The van der Waals surface area contributed by atoms with Crippen LogP contribution in [0.4, 0.5) is 5.69 Å². The topological polar surface area (TPSA) is 53.5 Å². The summed E-state index contributed by atoms with van der Waals surface area (Å²) in [6, 6.07) is 9.65. The molecule has 0 aromatic heterocycles. The van der Waals surface area contributed by atoms with Crippen molar-refractivity contribution in [3.63, 3.8) is 0 Å². The number of anilines is 1. The molecule has 1 aromatic carbocycles. The third-order valence-corrected chi connectivity index (χ3v) is 5.79. The van der Waals surface area contributed by atoms with Gasteiger partial charge in [-0.1, -0.05) is 39.0 Å². The number of thiocarbonyl (C=S) groups is 1. The van der Waals surface area contributed by atoms with Gasteiger partial charge in [-0.25, -0.2) is 0 Å². The Bertz CT molecular complexity index is 653. The zero-order valence-corrected chi connectivity index (χ0v) is 14.0. The summed E-state index contributed by atoms with van der Waals surface area (Å²) in [5.74, 6) is 0.390. The van der Waals surface area contributed by atoms with Gasteiger partial charge in [-0.15, -0.1) is 0 Å². The number of Topliss-reactive ketones (excluding diaryl/α,β-unsaturated/α-hetero) is 1. The van der Waals surface area contributed by atoms with Gasteiger partial charge < -0.3 is 5.32 Å². The fourth-order valence-corrected chi connectivity index (χ4v) is 3.91. The maximum atomic E-state index is 12.6. The Morgan fingerprint density at radius 2 is 1.95 bits per heavy atom. The summed E-state index contributed by atoms with van der Waals surface area (Å²) in [5, 5.41) is 7.79. The second-order valence-corrected chi connectivity index (χ2v) is 7.31. The minimum atomic E-state index is -0.285. The summed E-state index contributed by atoms with van der Waals surface area (Å²) in [7, 11) is 0. The molecule has 2 N–H and O–H groups in total. The lowest BCUT2D eigenvalue weighted by Gasteiger charge is -2.31. The van der Waals surface area contributed by atoms with Gasteiger partial charge in [0.05, 0.1) is 0 Å². The largest absolute Gasteiger partial charge is 0.331 e. The molecule has 2 aliphatic rings. The van der Waals surface area contributed by atoms with E-state index in [1.807, 2.05) is 30.3 Å². The summed E-state index contributed by atoms with van der Waals surface area (Å²) in [4.78, 5) is 12.6. The van der Waals surface area contributed by atoms with Crippen LogP contribution in [0.2, 0.25) is 0 Å². The van der Waals surface area contributed by atoms with Crippen LogP contribution in [0.1, 0.15) is 33.6 Å². The van der Waals surface area contributed by atoms with E-state index in [-0.39, 0.29) is 22.5 Å². The molecule has 1 aromatic rings. The summed E-state index contributed by atoms with van der Waals surface area (Å²) in [6.07, 6.45) is 1.98. The van der Waals surface area contributed by atoms with Crippen molar-refractivity contribution in [1.82, 2.24) is 5.43 Å². The molecule has 22 heavy (non-hydrogen) atoms. The minimum absolute atomic E-state index is 0.0287. The molecule has 2 fully saturated rings. The number of carbonyl (C=O) groups excluding carboxylic acids is 1. The predicted molar refractivity (Wildman–Crippen MR) is 92.9 cm³/mol. The van der Waals surface area contributed by atoms with E-state index in [2.05, 4.69) is 36.6 Å². The molecule has 0 radical (unpaired) electrons. The average molecular weight is 315 g/mol. The second-order valence-electron chi connectivity index (χ2n) is 6.90. The third kappa shape index (κ3) is 2.15. The van der Waals surface area contributed by atoms with Crippen molar-refractivity contribution in [2.24, 2.45) is 21.8 Å². The second kappa shape index (κ2) is 5.16. The summed E-state index contributed by atoms with van der Waals surface area (Å²) >= 11 is 5.24. The van der Waals surface area contributed by atoms with Crippen molar-refractivity contribution in [2.75, 3.05) is 5.32 Å². The van der Waals surface area contributed by atoms with Gasteiger partial charge in [0, 0.05) is 17.0 Å². The molecule has 5 heteroatoms. The summed E-state index contributed by atoms with van der Waals surface area (Å²) < 4.78 is 0. The van der Waals surface area contributed by atoms with E-state index in [4.69, 9.17) is 12.2 Å². The number of para-hydroxylation sites is 1. The van der Waals surface area contributed by atoms with Gasteiger partial charge in [0.1, 0.15) is 5.71 Å². The molecule has 2 unspecified atom stereocenters. The lowest BCUT2D eigenvalue weighted by atomic mass is 9.70. The van der Waals surface area contributed by atoms with Crippen molar-refractivity contribution in [1.29, 1.82) is 0 Å². The van der Waals surface area contributed by atoms with E-state index >= 15 is 0 Å². The molecule has 0 amide bonds. The highest BCUT2D eigenvalue weighted by atomic mass is 32.1. The van der Waals surface area contributed by atoms with Crippen LogP contribution in [0, 0.1) is 16.7 Å². The zero-order chi connectivity index (χ0) is 16.0. The number of benzene rings is 1. The first-order chi connectivity index (χ1) is 10.4. The zero-order valence-electron chi connectivity index (χ0n) is 13.1.